The van der Waals surface area contributed by atoms with Crippen LogP contribution in [0.15, 0.2) is 52.7 Å². The van der Waals surface area contributed by atoms with E-state index in [1.165, 1.54) is 4.70 Å². The van der Waals surface area contributed by atoms with E-state index in [1.807, 2.05) is 44.3 Å². The number of hydrogen-bond donors (Lipinski definition) is 0. The van der Waals surface area contributed by atoms with Gasteiger partial charge in [0.15, 0.2) is 11.5 Å². The minimum Gasteiger partial charge on any atom is -0.454 e. The molecule has 0 unspecified atom stereocenters. The highest BCUT2D eigenvalue weighted by atomic mass is 32.1. The van der Waals surface area contributed by atoms with Crippen molar-refractivity contribution in [2.45, 2.75) is 6.92 Å². The zero-order valence-electron chi connectivity index (χ0n) is 12.8. The lowest BCUT2D eigenvalue weighted by Crippen LogP contribution is -2.09. The molecule has 4 rings (SSSR count). The van der Waals surface area contributed by atoms with E-state index in [0.29, 0.717) is 0 Å². The van der Waals surface area contributed by atoms with Gasteiger partial charge in [-0.05, 0) is 37.3 Å². The number of aromatic nitrogens is 1. The molecule has 1 aromatic heterocycles. The third-order valence-corrected chi connectivity index (χ3v) is 4.89. The first kappa shape index (κ1) is 14.0. The summed E-state index contributed by atoms with van der Waals surface area (Å²) < 4.78 is 14.0. The van der Waals surface area contributed by atoms with E-state index in [1.54, 1.807) is 11.3 Å². The van der Waals surface area contributed by atoms with Crippen LogP contribution in [0.3, 0.4) is 0 Å². The molecule has 0 saturated carbocycles. The van der Waals surface area contributed by atoms with E-state index >= 15 is 0 Å². The van der Waals surface area contributed by atoms with Gasteiger partial charge in [-0.3, -0.25) is 0 Å². The Bertz CT molecular complexity index is 985. The van der Waals surface area contributed by atoms with Crippen LogP contribution in [-0.2, 0) is 7.05 Å². The Labute approximate surface area is 137 Å². The molecule has 0 fully saturated rings. The summed E-state index contributed by atoms with van der Waals surface area (Å²) in [6.45, 7) is 2.21. The van der Waals surface area contributed by atoms with Gasteiger partial charge in [0.2, 0.25) is 11.6 Å². The fourth-order valence-electron chi connectivity index (χ4n) is 2.48. The number of ether oxygens (including phenoxy) is 2. The molecule has 1 aliphatic heterocycles. The quantitative estimate of drug-likeness (QED) is 0.536. The van der Waals surface area contributed by atoms with Gasteiger partial charge in [-0.2, -0.15) is 5.10 Å². The van der Waals surface area contributed by atoms with Crippen molar-refractivity contribution in [3.05, 3.63) is 52.8 Å². The van der Waals surface area contributed by atoms with Crippen LogP contribution < -0.4 is 14.3 Å². The molecule has 3 aromatic rings. The monoisotopic (exact) mass is 325 g/mol. The molecule has 2 aromatic carbocycles. The number of nitrogens with zero attached hydrogens (tertiary/aromatic N) is 3. The number of thiazole rings is 1. The summed E-state index contributed by atoms with van der Waals surface area (Å²) in [6, 6.07) is 14.0. The van der Waals surface area contributed by atoms with Crippen LogP contribution in [0.1, 0.15) is 12.5 Å². The summed E-state index contributed by atoms with van der Waals surface area (Å²) in [4.78, 5) is 0.867. The van der Waals surface area contributed by atoms with Crippen LogP contribution in [0, 0.1) is 0 Å². The maximum absolute atomic E-state index is 5.40. The van der Waals surface area contributed by atoms with Crippen molar-refractivity contribution in [2.24, 2.45) is 17.3 Å². The predicted octanol–water partition coefficient (Wildman–Crippen LogP) is 3.29. The Hall–Kier alpha value is -2.60. The lowest BCUT2D eigenvalue weighted by Gasteiger charge is -2.00. The molecule has 23 heavy (non-hydrogen) atoms. The smallest absolute Gasteiger partial charge is 0.231 e. The third-order valence-electron chi connectivity index (χ3n) is 3.79. The van der Waals surface area contributed by atoms with Crippen molar-refractivity contribution in [2.75, 3.05) is 6.79 Å². The largest absolute Gasteiger partial charge is 0.454 e. The van der Waals surface area contributed by atoms with Crippen molar-refractivity contribution in [3.63, 3.8) is 0 Å². The Morgan fingerprint density at radius 3 is 2.83 bits per heavy atom. The average Bonchev–Trinajstić information content (AvgIpc) is 3.17. The molecule has 0 bridgehead atoms. The third kappa shape index (κ3) is 2.51. The molecule has 0 radical (unpaired) electrons. The van der Waals surface area contributed by atoms with Crippen molar-refractivity contribution >= 4 is 27.3 Å². The minimum atomic E-state index is 0.275. The molecule has 0 amide bonds. The first-order valence-electron chi connectivity index (χ1n) is 7.25. The van der Waals surface area contributed by atoms with Gasteiger partial charge < -0.3 is 14.0 Å². The van der Waals surface area contributed by atoms with Crippen LogP contribution in [0.5, 0.6) is 11.5 Å². The number of para-hydroxylation sites is 1. The zero-order valence-corrected chi connectivity index (χ0v) is 13.6. The van der Waals surface area contributed by atoms with Gasteiger partial charge in [-0.15, -0.1) is 5.10 Å². The van der Waals surface area contributed by atoms with E-state index in [2.05, 4.69) is 26.9 Å². The second-order valence-electron chi connectivity index (χ2n) is 5.26. The maximum Gasteiger partial charge on any atom is 0.231 e. The van der Waals surface area contributed by atoms with Crippen molar-refractivity contribution < 1.29 is 9.47 Å². The summed E-state index contributed by atoms with van der Waals surface area (Å²) in [7, 11) is 2.00. The standard InChI is InChI=1S/C17H15N3O2S/c1-11(12-7-8-14-15(9-12)22-10-21-14)18-19-17-20(2)13-5-3-4-6-16(13)23-17/h3-9H,10H2,1-2H3/b18-11+,19-17-. The van der Waals surface area contributed by atoms with Gasteiger partial charge in [-0.1, -0.05) is 23.5 Å². The topological polar surface area (TPSA) is 48.1 Å². The SMILES string of the molecule is C/C(=N\N=c1/sc2ccccc2n1C)c1ccc2c(c1)OCO2. The molecule has 5 nitrogen and oxygen atoms in total. The molecule has 2 heterocycles. The lowest BCUT2D eigenvalue weighted by molar-refractivity contribution is 0.174. The molecule has 0 aliphatic carbocycles. The lowest BCUT2D eigenvalue weighted by atomic mass is 10.1. The Kier molecular flexibility index (Phi) is 3.38. The normalized spacial score (nSPS) is 14.7. The predicted molar refractivity (Wildman–Crippen MR) is 91.1 cm³/mol. The van der Waals surface area contributed by atoms with Crippen LogP contribution in [0.2, 0.25) is 0 Å². The summed E-state index contributed by atoms with van der Waals surface area (Å²) in [5, 5.41) is 8.79. The molecule has 0 saturated heterocycles. The minimum absolute atomic E-state index is 0.275. The molecular formula is C17H15N3O2S. The van der Waals surface area contributed by atoms with E-state index in [0.717, 1.165) is 33.1 Å². The molecule has 0 spiro atoms. The van der Waals surface area contributed by atoms with E-state index in [4.69, 9.17) is 9.47 Å². The number of benzene rings is 2. The first-order valence-corrected chi connectivity index (χ1v) is 8.07. The van der Waals surface area contributed by atoms with Gasteiger partial charge in [-0.25, -0.2) is 0 Å². The van der Waals surface area contributed by atoms with E-state index < -0.39 is 0 Å². The fraction of sp³-hybridized carbons (Fsp3) is 0.176. The summed E-state index contributed by atoms with van der Waals surface area (Å²) >= 11 is 1.63. The average molecular weight is 325 g/mol. The van der Waals surface area contributed by atoms with Crippen molar-refractivity contribution in [1.82, 2.24) is 4.57 Å². The fourth-order valence-corrected chi connectivity index (χ4v) is 3.44. The van der Waals surface area contributed by atoms with Gasteiger partial charge in [0.25, 0.3) is 0 Å². The Morgan fingerprint density at radius 1 is 1.13 bits per heavy atom. The molecule has 116 valence electrons. The summed E-state index contributed by atoms with van der Waals surface area (Å²) in [5.41, 5.74) is 2.97. The van der Waals surface area contributed by atoms with Crippen LogP contribution in [-0.4, -0.2) is 17.1 Å². The maximum atomic E-state index is 5.40. The molecule has 1 aliphatic rings. The summed E-state index contributed by atoms with van der Waals surface area (Å²) in [5.74, 6) is 1.53. The van der Waals surface area contributed by atoms with Gasteiger partial charge in [0.05, 0.1) is 15.9 Å². The second kappa shape index (κ2) is 5.55. The van der Waals surface area contributed by atoms with Crippen molar-refractivity contribution in [1.29, 1.82) is 0 Å². The Morgan fingerprint density at radius 2 is 1.96 bits per heavy atom. The number of aryl methyl sites for hydroxylation is 1. The van der Waals surface area contributed by atoms with Gasteiger partial charge in [0, 0.05) is 12.6 Å². The molecular weight excluding hydrogens is 310 g/mol. The molecule has 0 N–H and O–H groups in total. The highest BCUT2D eigenvalue weighted by Gasteiger charge is 2.13. The Balaban J connectivity index is 1.73. The van der Waals surface area contributed by atoms with Gasteiger partial charge >= 0.3 is 0 Å². The van der Waals surface area contributed by atoms with Crippen LogP contribution >= 0.6 is 11.3 Å². The molecule has 6 heteroatoms. The number of fused-ring (bicyclic) bond motifs is 2. The van der Waals surface area contributed by atoms with E-state index in [-0.39, 0.29) is 6.79 Å². The highest BCUT2D eigenvalue weighted by Crippen LogP contribution is 2.32. The first-order chi connectivity index (χ1) is 11.2. The summed E-state index contributed by atoms with van der Waals surface area (Å²) in [6.07, 6.45) is 0. The molecule has 0 atom stereocenters. The highest BCUT2D eigenvalue weighted by molar-refractivity contribution is 7.16. The van der Waals surface area contributed by atoms with Gasteiger partial charge in [0.1, 0.15) is 0 Å². The van der Waals surface area contributed by atoms with Crippen molar-refractivity contribution in [3.8, 4) is 11.5 Å². The second-order valence-corrected chi connectivity index (χ2v) is 6.27. The van der Waals surface area contributed by atoms with Crippen LogP contribution in [0.4, 0.5) is 0 Å². The zero-order chi connectivity index (χ0) is 15.8. The number of hydrogen-bond acceptors (Lipinski definition) is 5. The van der Waals surface area contributed by atoms with Crippen LogP contribution in [0.25, 0.3) is 10.2 Å². The van der Waals surface area contributed by atoms with E-state index in [9.17, 15) is 0 Å². The number of rotatable bonds is 2.